The molecular weight excluding hydrogens is 198 g/mol. The lowest BCUT2D eigenvalue weighted by Gasteiger charge is -2.02. The predicted molar refractivity (Wildman–Crippen MR) is 55.0 cm³/mol. The van der Waals surface area contributed by atoms with Gasteiger partial charge in [0.25, 0.3) is 0 Å². The molecule has 0 aliphatic rings. The Bertz CT molecular complexity index is 439. The number of nitrogens with zero attached hydrogens (tertiary/aromatic N) is 3. The number of rotatable bonds is 1. The Hall–Kier alpha value is -1.48. The van der Waals surface area contributed by atoms with Crippen molar-refractivity contribution in [2.24, 2.45) is 0 Å². The van der Waals surface area contributed by atoms with E-state index in [1.807, 2.05) is 19.1 Å². The summed E-state index contributed by atoms with van der Waals surface area (Å²) < 4.78 is 0. The van der Waals surface area contributed by atoms with Crippen LogP contribution in [0.25, 0.3) is 11.3 Å². The van der Waals surface area contributed by atoms with Crippen molar-refractivity contribution in [3.05, 3.63) is 41.3 Å². The molecule has 0 aromatic carbocycles. The summed E-state index contributed by atoms with van der Waals surface area (Å²) in [5.41, 5.74) is 2.92. The lowest BCUT2D eigenvalue weighted by Crippen LogP contribution is -1.90. The fourth-order valence-corrected chi connectivity index (χ4v) is 1.32. The van der Waals surface area contributed by atoms with Gasteiger partial charge in [0, 0.05) is 18.0 Å². The molecule has 0 amide bonds. The van der Waals surface area contributed by atoms with Crippen LogP contribution in [0, 0.1) is 6.92 Å². The molecule has 0 fully saturated rings. The monoisotopic (exact) mass is 205 g/mol. The number of aryl methyl sites for hydroxylation is 1. The first kappa shape index (κ1) is 9.09. The van der Waals surface area contributed by atoms with E-state index in [-0.39, 0.29) is 0 Å². The molecule has 14 heavy (non-hydrogen) atoms. The maximum absolute atomic E-state index is 5.65. The zero-order valence-electron chi connectivity index (χ0n) is 7.61. The third kappa shape index (κ3) is 1.72. The molecule has 0 saturated heterocycles. The maximum atomic E-state index is 5.65. The van der Waals surface area contributed by atoms with Crippen LogP contribution in [0.1, 0.15) is 5.56 Å². The highest BCUT2D eigenvalue weighted by Gasteiger charge is 2.02. The molecule has 70 valence electrons. The molecule has 2 aromatic heterocycles. The van der Waals surface area contributed by atoms with Crippen molar-refractivity contribution in [2.75, 3.05) is 0 Å². The van der Waals surface area contributed by atoms with E-state index in [1.165, 1.54) is 0 Å². The molecule has 0 aliphatic carbocycles. The van der Waals surface area contributed by atoms with Gasteiger partial charge in [-0.25, -0.2) is 0 Å². The minimum Gasteiger partial charge on any atom is -0.264 e. The normalized spacial score (nSPS) is 10.1. The van der Waals surface area contributed by atoms with Crippen LogP contribution < -0.4 is 0 Å². The average Bonchev–Trinajstić information content (AvgIpc) is 2.20. The standard InChI is InChI=1S/C10H8ClN3/c1-7-6-12-5-4-8(7)9-2-3-10(11)14-13-9/h2-6H,1H3. The Labute approximate surface area is 86.8 Å². The predicted octanol–water partition coefficient (Wildman–Crippen LogP) is 2.50. The van der Waals surface area contributed by atoms with Crippen LogP contribution in [0.15, 0.2) is 30.6 Å². The van der Waals surface area contributed by atoms with E-state index < -0.39 is 0 Å². The number of hydrogen-bond donors (Lipinski definition) is 0. The maximum Gasteiger partial charge on any atom is 0.151 e. The first-order valence-electron chi connectivity index (χ1n) is 4.17. The fourth-order valence-electron chi connectivity index (χ4n) is 1.22. The Morgan fingerprint density at radius 3 is 2.64 bits per heavy atom. The van der Waals surface area contributed by atoms with Crippen molar-refractivity contribution < 1.29 is 0 Å². The summed E-state index contributed by atoms with van der Waals surface area (Å²) >= 11 is 5.65. The van der Waals surface area contributed by atoms with Crippen molar-refractivity contribution in [3.8, 4) is 11.3 Å². The van der Waals surface area contributed by atoms with Crippen molar-refractivity contribution >= 4 is 11.6 Å². The number of halogens is 1. The van der Waals surface area contributed by atoms with Gasteiger partial charge in [0.2, 0.25) is 0 Å². The number of aromatic nitrogens is 3. The van der Waals surface area contributed by atoms with Gasteiger partial charge in [-0.05, 0) is 30.7 Å². The summed E-state index contributed by atoms with van der Waals surface area (Å²) in [6, 6.07) is 5.48. The van der Waals surface area contributed by atoms with E-state index in [2.05, 4.69) is 15.2 Å². The smallest absolute Gasteiger partial charge is 0.151 e. The van der Waals surface area contributed by atoms with Crippen LogP contribution >= 0.6 is 11.6 Å². The van der Waals surface area contributed by atoms with Crippen LogP contribution in [0.5, 0.6) is 0 Å². The van der Waals surface area contributed by atoms with Gasteiger partial charge in [-0.2, -0.15) is 0 Å². The van der Waals surface area contributed by atoms with Gasteiger partial charge in [0.1, 0.15) is 0 Å². The lowest BCUT2D eigenvalue weighted by molar-refractivity contribution is 1.03. The van der Waals surface area contributed by atoms with Crippen LogP contribution in [-0.4, -0.2) is 15.2 Å². The fraction of sp³-hybridized carbons (Fsp3) is 0.100. The first-order valence-corrected chi connectivity index (χ1v) is 4.55. The lowest BCUT2D eigenvalue weighted by atomic mass is 10.1. The van der Waals surface area contributed by atoms with E-state index in [0.29, 0.717) is 5.15 Å². The highest BCUT2D eigenvalue weighted by molar-refractivity contribution is 6.29. The highest BCUT2D eigenvalue weighted by atomic mass is 35.5. The summed E-state index contributed by atoms with van der Waals surface area (Å²) in [5, 5.41) is 8.19. The molecule has 4 heteroatoms. The van der Waals surface area contributed by atoms with Crippen molar-refractivity contribution in [1.29, 1.82) is 0 Å². The molecule has 0 saturated carbocycles. The Kier molecular flexibility index (Phi) is 2.41. The molecule has 2 heterocycles. The zero-order chi connectivity index (χ0) is 9.97. The Morgan fingerprint density at radius 2 is 2.00 bits per heavy atom. The summed E-state index contributed by atoms with van der Waals surface area (Å²) in [6.45, 7) is 1.98. The third-order valence-corrected chi connectivity index (χ3v) is 2.13. The van der Waals surface area contributed by atoms with Crippen LogP contribution in [0.4, 0.5) is 0 Å². The molecule has 3 nitrogen and oxygen atoms in total. The molecular formula is C10H8ClN3. The van der Waals surface area contributed by atoms with Crippen molar-refractivity contribution in [3.63, 3.8) is 0 Å². The first-order chi connectivity index (χ1) is 6.77. The Balaban J connectivity index is 2.50. The van der Waals surface area contributed by atoms with Gasteiger partial charge in [-0.15, -0.1) is 10.2 Å². The topological polar surface area (TPSA) is 38.7 Å². The van der Waals surface area contributed by atoms with E-state index in [0.717, 1.165) is 16.8 Å². The number of hydrogen-bond acceptors (Lipinski definition) is 3. The largest absolute Gasteiger partial charge is 0.264 e. The summed E-state index contributed by atoms with van der Waals surface area (Å²) in [5.74, 6) is 0. The summed E-state index contributed by atoms with van der Waals surface area (Å²) in [7, 11) is 0. The van der Waals surface area contributed by atoms with E-state index in [1.54, 1.807) is 18.5 Å². The second kappa shape index (κ2) is 3.72. The summed E-state index contributed by atoms with van der Waals surface area (Å²) in [6.07, 6.45) is 3.53. The summed E-state index contributed by atoms with van der Waals surface area (Å²) in [4.78, 5) is 4.01. The molecule has 0 atom stereocenters. The molecule has 0 unspecified atom stereocenters. The van der Waals surface area contributed by atoms with Gasteiger partial charge in [0.15, 0.2) is 5.15 Å². The van der Waals surface area contributed by atoms with Gasteiger partial charge in [0.05, 0.1) is 5.69 Å². The number of pyridine rings is 1. The average molecular weight is 206 g/mol. The van der Waals surface area contributed by atoms with E-state index in [4.69, 9.17) is 11.6 Å². The second-order valence-corrected chi connectivity index (χ2v) is 3.32. The van der Waals surface area contributed by atoms with Crippen molar-refractivity contribution in [1.82, 2.24) is 15.2 Å². The molecule has 0 aliphatic heterocycles. The van der Waals surface area contributed by atoms with Crippen LogP contribution in [0.2, 0.25) is 5.15 Å². The zero-order valence-corrected chi connectivity index (χ0v) is 8.36. The SMILES string of the molecule is Cc1cnccc1-c1ccc(Cl)nn1. The molecule has 0 spiro atoms. The van der Waals surface area contributed by atoms with Crippen molar-refractivity contribution in [2.45, 2.75) is 6.92 Å². The molecule has 0 bridgehead atoms. The minimum atomic E-state index is 0.403. The van der Waals surface area contributed by atoms with Gasteiger partial charge in [-0.3, -0.25) is 4.98 Å². The minimum absolute atomic E-state index is 0.403. The Morgan fingerprint density at radius 1 is 1.14 bits per heavy atom. The van der Waals surface area contributed by atoms with Gasteiger partial charge in [-0.1, -0.05) is 11.6 Å². The second-order valence-electron chi connectivity index (χ2n) is 2.93. The van der Waals surface area contributed by atoms with E-state index >= 15 is 0 Å². The molecule has 2 rings (SSSR count). The van der Waals surface area contributed by atoms with Gasteiger partial charge >= 0.3 is 0 Å². The molecule has 0 radical (unpaired) electrons. The van der Waals surface area contributed by atoms with Gasteiger partial charge < -0.3 is 0 Å². The van der Waals surface area contributed by atoms with E-state index in [9.17, 15) is 0 Å². The quantitative estimate of drug-likeness (QED) is 0.718. The molecule has 2 aromatic rings. The highest BCUT2D eigenvalue weighted by Crippen LogP contribution is 2.19. The van der Waals surface area contributed by atoms with Crippen LogP contribution in [0.3, 0.4) is 0 Å². The molecule has 0 N–H and O–H groups in total. The van der Waals surface area contributed by atoms with Crippen LogP contribution in [-0.2, 0) is 0 Å². The third-order valence-electron chi connectivity index (χ3n) is 1.93.